The fourth-order valence-electron chi connectivity index (χ4n) is 3.18. The van der Waals surface area contributed by atoms with Gasteiger partial charge in [0.15, 0.2) is 0 Å². The summed E-state index contributed by atoms with van der Waals surface area (Å²) in [6.45, 7) is 1.35. The molecule has 14 nitrogen and oxygen atoms in total. The van der Waals surface area contributed by atoms with Gasteiger partial charge in [-0.2, -0.15) is 0 Å². The molecule has 0 saturated carbocycles. The third-order valence-corrected chi connectivity index (χ3v) is 5.23. The highest BCUT2D eigenvalue weighted by atomic mass is 16.5. The Morgan fingerprint density at radius 3 is 1.59 bits per heavy atom. The maximum Gasteiger partial charge on any atom is 0.253 e. The quantitative estimate of drug-likeness (QED) is 0.143. The number of carbonyl (C=O) groups is 6. The number of rotatable bonds is 17. The lowest BCUT2D eigenvalue weighted by Crippen LogP contribution is -2.39. The number of amides is 6. The molecule has 0 fully saturated rings. The number of aliphatic hydroxyl groups excluding tert-OH is 2. The van der Waals surface area contributed by atoms with Crippen molar-refractivity contribution in [2.75, 3.05) is 46.0 Å². The van der Waals surface area contributed by atoms with Crippen molar-refractivity contribution in [3.8, 4) is 0 Å². The maximum atomic E-state index is 11.8. The molecule has 3 atom stereocenters. The number of nitrogens with one attached hydrogen (secondary N) is 2. The molecule has 2 aliphatic rings. The van der Waals surface area contributed by atoms with Gasteiger partial charge in [0.25, 0.3) is 23.6 Å². The highest BCUT2D eigenvalue weighted by Crippen LogP contribution is 2.05. The predicted octanol–water partition coefficient (Wildman–Crippen LogP) is -3.01. The standard InChI is InChI=1S/C23H32N4O10/c1-15(37-14-17(29)11-25-19(31)7-9-27-22(34)4-5-23(27)35)12-36-13-16(28)10-24-18(30)6-8-26-20(32)2-3-21(26)33/h2-5,15-17,28-29H,6-14H2,1H3,(H,24,30)(H,25,31). The van der Waals surface area contributed by atoms with Crippen LogP contribution in [0.4, 0.5) is 0 Å². The van der Waals surface area contributed by atoms with Crippen LogP contribution in [0.25, 0.3) is 0 Å². The minimum atomic E-state index is -0.995. The molecule has 37 heavy (non-hydrogen) atoms. The van der Waals surface area contributed by atoms with Gasteiger partial charge in [-0.25, -0.2) is 0 Å². The first-order chi connectivity index (χ1) is 17.6. The Kier molecular flexibility index (Phi) is 12.0. The van der Waals surface area contributed by atoms with Gasteiger partial charge in [0.2, 0.25) is 11.8 Å². The van der Waals surface area contributed by atoms with Crippen LogP contribution in [-0.2, 0) is 38.2 Å². The van der Waals surface area contributed by atoms with Crippen LogP contribution < -0.4 is 10.6 Å². The van der Waals surface area contributed by atoms with E-state index in [4.69, 9.17) is 9.47 Å². The van der Waals surface area contributed by atoms with E-state index in [1.807, 2.05) is 0 Å². The van der Waals surface area contributed by atoms with Crippen molar-refractivity contribution >= 4 is 35.4 Å². The average Bonchev–Trinajstić information content (AvgIpc) is 3.36. The topological polar surface area (TPSA) is 192 Å². The van der Waals surface area contributed by atoms with Gasteiger partial charge in [-0.15, -0.1) is 0 Å². The summed E-state index contributed by atoms with van der Waals surface area (Å²) >= 11 is 0. The van der Waals surface area contributed by atoms with E-state index >= 15 is 0 Å². The number of imide groups is 2. The number of ether oxygens (including phenoxy) is 2. The van der Waals surface area contributed by atoms with Gasteiger partial charge in [0.1, 0.15) is 0 Å². The minimum absolute atomic E-state index is 0.0498. The summed E-state index contributed by atoms with van der Waals surface area (Å²) in [5, 5.41) is 24.9. The molecule has 0 aromatic heterocycles. The van der Waals surface area contributed by atoms with Gasteiger partial charge in [0, 0.05) is 63.3 Å². The Morgan fingerprint density at radius 1 is 0.757 bits per heavy atom. The zero-order valence-corrected chi connectivity index (χ0v) is 20.5. The fourth-order valence-corrected chi connectivity index (χ4v) is 3.18. The zero-order valence-electron chi connectivity index (χ0n) is 20.5. The van der Waals surface area contributed by atoms with Crippen molar-refractivity contribution in [1.29, 1.82) is 0 Å². The highest BCUT2D eigenvalue weighted by Gasteiger charge is 2.24. The molecule has 6 amide bonds. The number of carbonyl (C=O) groups excluding carboxylic acids is 6. The van der Waals surface area contributed by atoms with Gasteiger partial charge in [0.05, 0.1) is 38.1 Å². The summed E-state index contributed by atoms with van der Waals surface area (Å²) < 4.78 is 10.8. The molecule has 0 aromatic rings. The van der Waals surface area contributed by atoms with Crippen molar-refractivity contribution < 1.29 is 48.5 Å². The van der Waals surface area contributed by atoms with E-state index in [1.165, 1.54) is 0 Å². The van der Waals surface area contributed by atoms with E-state index in [0.29, 0.717) is 0 Å². The van der Waals surface area contributed by atoms with Crippen LogP contribution in [0.5, 0.6) is 0 Å². The Bertz CT molecular complexity index is 898. The van der Waals surface area contributed by atoms with Gasteiger partial charge in [-0.05, 0) is 6.92 Å². The second-order valence-corrected chi connectivity index (χ2v) is 8.42. The molecule has 204 valence electrons. The summed E-state index contributed by atoms with van der Waals surface area (Å²) in [4.78, 5) is 71.3. The largest absolute Gasteiger partial charge is 0.389 e. The lowest BCUT2D eigenvalue weighted by molar-refractivity contribution is -0.139. The highest BCUT2D eigenvalue weighted by molar-refractivity contribution is 6.13. The molecule has 4 N–H and O–H groups in total. The molecule has 0 spiro atoms. The number of hydrogen-bond donors (Lipinski definition) is 4. The lowest BCUT2D eigenvalue weighted by atomic mass is 10.3. The summed E-state index contributed by atoms with van der Waals surface area (Å²) in [7, 11) is 0. The first-order valence-electron chi connectivity index (χ1n) is 11.7. The maximum absolute atomic E-state index is 11.8. The molecule has 14 heteroatoms. The average molecular weight is 525 g/mol. The van der Waals surface area contributed by atoms with Crippen LogP contribution >= 0.6 is 0 Å². The summed E-state index contributed by atoms with van der Waals surface area (Å²) in [6.07, 6.45) is 1.94. The predicted molar refractivity (Wildman–Crippen MR) is 125 cm³/mol. The van der Waals surface area contributed by atoms with E-state index in [9.17, 15) is 39.0 Å². The SMILES string of the molecule is CC(COCC(O)CNC(=O)CCN1C(=O)C=CC1=O)OCC(O)CNC(=O)CCN1C(=O)C=CC1=O. The lowest BCUT2D eigenvalue weighted by Gasteiger charge is -2.19. The van der Waals surface area contributed by atoms with E-state index in [1.54, 1.807) is 6.92 Å². The second kappa shape index (κ2) is 14.9. The Labute approximate surface area is 213 Å². The van der Waals surface area contributed by atoms with Crippen LogP contribution in [0.3, 0.4) is 0 Å². The van der Waals surface area contributed by atoms with E-state index in [2.05, 4.69) is 10.6 Å². The molecular weight excluding hydrogens is 492 g/mol. The van der Waals surface area contributed by atoms with E-state index in [-0.39, 0.29) is 58.8 Å². The Morgan fingerprint density at radius 2 is 1.16 bits per heavy atom. The van der Waals surface area contributed by atoms with Crippen molar-refractivity contribution in [2.24, 2.45) is 0 Å². The molecule has 2 rings (SSSR count). The normalized spacial score (nSPS) is 17.5. The van der Waals surface area contributed by atoms with Crippen LogP contribution in [0, 0.1) is 0 Å². The molecule has 0 aromatic carbocycles. The first kappa shape index (κ1) is 29.8. The third-order valence-electron chi connectivity index (χ3n) is 5.23. The molecule has 0 radical (unpaired) electrons. The van der Waals surface area contributed by atoms with Gasteiger partial charge in [-0.1, -0.05) is 0 Å². The van der Waals surface area contributed by atoms with Crippen molar-refractivity contribution in [3.63, 3.8) is 0 Å². The van der Waals surface area contributed by atoms with Crippen LogP contribution in [-0.4, -0.2) is 120 Å². The minimum Gasteiger partial charge on any atom is -0.389 e. The Hall–Kier alpha value is -3.46. The molecule has 2 aliphatic heterocycles. The van der Waals surface area contributed by atoms with Gasteiger partial charge < -0.3 is 30.3 Å². The molecule has 0 aliphatic carbocycles. The summed E-state index contributed by atoms with van der Waals surface area (Å²) in [5.41, 5.74) is 0. The molecule has 0 saturated heterocycles. The monoisotopic (exact) mass is 524 g/mol. The van der Waals surface area contributed by atoms with E-state index in [0.717, 1.165) is 34.1 Å². The summed E-state index contributed by atoms with van der Waals surface area (Å²) in [6, 6.07) is 0. The van der Waals surface area contributed by atoms with Crippen molar-refractivity contribution in [2.45, 2.75) is 38.1 Å². The third kappa shape index (κ3) is 10.6. The second-order valence-electron chi connectivity index (χ2n) is 8.42. The molecular formula is C23H32N4O10. The van der Waals surface area contributed by atoms with Gasteiger partial charge >= 0.3 is 0 Å². The smallest absolute Gasteiger partial charge is 0.253 e. The fraction of sp³-hybridized carbons (Fsp3) is 0.565. The number of aliphatic hydroxyl groups is 2. The molecule has 2 heterocycles. The van der Waals surface area contributed by atoms with Gasteiger partial charge in [-0.3, -0.25) is 38.6 Å². The zero-order chi connectivity index (χ0) is 27.4. The van der Waals surface area contributed by atoms with E-state index < -0.39 is 53.8 Å². The molecule has 3 unspecified atom stereocenters. The number of nitrogens with zero attached hydrogens (tertiary/aromatic N) is 2. The number of hydrogen-bond acceptors (Lipinski definition) is 10. The van der Waals surface area contributed by atoms with Crippen LogP contribution in [0.2, 0.25) is 0 Å². The summed E-state index contributed by atoms with van der Waals surface area (Å²) in [5.74, 6) is -2.74. The first-order valence-corrected chi connectivity index (χ1v) is 11.7. The van der Waals surface area contributed by atoms with Crippen molar-refractivity contribution in [3.05, 3.63) is 24.3 Å². The van der Waals surface area contributed by atoms with Crippen LogP contribution in [0.15, 0.2) is 24.3 Å². The Balaban J connectivity index is 1.47. The van der Waals surface area contributed by atoms with Crippen LogP contribution in [0.1, 0.15) is 19.8 Å². The molecule has 0 bridgehead atoms. The van der Waals surface area contributed by atoms with Crippen molar-refractivity contribution in [1.82, 2.24) is 20.4 Å².